The van der Waals surface area contributed by atoms with Crippen LogP contribution in [0.5, 0.6) is 11.5 Å². The van der Waals surface area contributed by atoms with Gasteiger partial charge in [0.25, 0.3) is 0 Å². The van der Waals surface area contributed by atoms with Crippen LogP contribution >= 0.6 is 0 Å². The minimum Gasteiger partial charge on any atom is -0.507 e. The highest BCUT2D eigenvalue weighted by Crippen LogP contribution is 2.34. The van der Waals surface area contributed by atoms with Gasteiger partial charge in [0.2, 0.25) is 0 Å². The zero-order valence-corrected chi connectivity index (χ0v) is 26.8. The number of rotatable bonds is 12. The van der Waals surface area contributed by atoms with E-state index in [9.17, 15) is 5.11 Å². The van der Waals surface area contributed by atoms with Gasteiger partial charge in [0, 0.05) is 37.3 Å². The van der Waals surface area contributed by atoms with E-state index in [0.29, 0.717) is 11.7 Å². The molecule has 1 aromatic heterocycles. The van der Waals surface area contributed by atoms with E-state index in [2.05, 4.69) is 71.8 Å². The number of unbranched alkanes of at least 4 members (excludes halogenated alkanes) is 1. The van der Waals surface area contributed by atoms with Gasteiger partial charge in [-0.25, -0.2) is 4.98 Å². The first kappa shape index (κ1) is 30.9. The molecule has 0 aliphatic heterocycles. The Balaban J connectivity index is 1.61. The van der Waals surface area contributed by atoms with Crippen LogP contribution in [0.15, 0.2) is 60.7 Å². The predicted octanol–water partition coefficient (Wildman–Crippen LogP) is 9.24. The zero-order valence-electron chi connectivity index (χ0n) is 26.8. The van der Waals surface area contributed by atoms with Crippen molar-refractivity contribution in [2.45, 2.75) is 92.3 Å². The lowest BCUT2D eigenvalue weighted by Crippen LogP contribution is -2.31. The van der Waals surface area contributed by atoms with E-state index < -0.39 is 0 Å². The topological polar surface area (TPSA) is 50.5 Å². The molecule has 1 saturated carbocycles. The lowest BCUT2D eigenvalue weighted by atomic mass is 9.88. The minimum atomic E-state index is 0.407. The number of aryl methyl sites for hydroxylation is 3. The second-order valence-corrected chi connectivity index (χ2v) is 12.6. The van der Waals surface area contributed by atoms with Crippen LogP contribution in [-0.2, 0) is 19.6 Å². The molecule has 0 bridgehead atoms. The van der Waals surface area contributed by atoms with Crippen molar-refractivity contribution in [3.05, 3.63) is 88.6 Å². The molecule has 1 fully saturated rings. The molecular formula is C38H49N3O2. The van der Waals surface area contributed by atoms with Gasteiger partial charge in [0.05, 0.1) is 18.5 Å². The van der Waals surface area contributed by atoms with E-state index >= 15 is 0 Å². The van der Waals surface area contributed by atoms with Gasteiger partial charge in [-0.15, -0.1) is 0 Å². The van der Waals surface area contributed by atoms with Crippen LogP contribution in [0.25, 0.3) is 22.6 Å². The van der Waals surface area contributed by atoms with Crippen molar-refractivity contribution in [2.24, 2.45) is 5.92 Å². The molecule has 1 heterocycles. The van der Waals surface area contributed by atoms with Gasteiger partial charge in [-0.3, -0.25) is 4.90 Å². The molecule has 1 aliphatic carbocycles. The highest BCUT2D eigenvalue weighted by atomic mass is 16.5. The highest BCUT2D eigenvalue weighted by molar-refractivity contribution is 5.69. The van der Waals surface area contributed by atoms with Crippen molar-refractivity contribution in [3.8, 4) is 34.1 Å². The molecule has 5 nitrogen and oxygen atoms in total. The number of hydrogen-bond donors (Lipinski definition) is 1. The molecule has 0 unspecified atom stereocenters. The Morgan fingerprint density at radius 2 is 1.53 bits per heavy atom. The molecule has 4 aromatic rings. The number of phenolic OH excluding ortho intramolecular Hbond substituents is 1. The van der Waals surface area contributed by atoms with E-state index in [1.54, 1.807) is 7.11 Å². The van der Waals surface area contributed by atoms with E-state index in [1.807, 2.05) is 26.0 Å². The molecule has 1 N–H and O–H groups in total. The van der Waals surface area contributed by atoms with Gasteiger partial charge in [0.15, 0.2) is 0 Å². The minimum absolute atomic E-state index is 0.407. The van der Waals surface area contributed by atoms with Crippen molar-refractivity contribution >= 4 is 0 Å². The number of ether oxygens (including phenoxy) is 1. The molecule has 0 atom stereocenters. The largest absolute Gasteiger partial charge is 0.507 e. The Morgan fingerprint density at radius 1 is 0.884 bits per heavy atom. The number of nitrogens with zero attached hydrogens (tertiary/aromatic N) is 3. The summed E-state index contributed by atoms with van der Waals surface area (Å²) in [5.74, 6) is 3.01. The quantitative estimate of drug-likeness (QED) is 0.182. The van der Waals surface area contributed by atoms with Gasteiger partial charge in [0.1, 0.15) is 17.3 Å². The summed E-state index contributed by atoms with van der Waals surface area (Å²) in [7, 11) is 1.71. The molecule has 0 saturated heterocycles. The van der Waals surface area contributed by atoms with Gasteiger partial charge < -0.3 is 14.4 Å². The van der Waals surface area contributed by atoms with Crippen LogP contribution in [0, 0.1) is 26.7 Å². The third-order valence-electron chi connectivity index (χ3n) is 9.05. The Labute approximate surface area is 258 Å². The number of methoxy groups -OCH3 is 1. The highest BCUT2D eigenvalue weighted by Gasteiger charge is 2.24. The summed E-state index contributed by atoms with van der Waals surface area (Å²) < 4.78 is 7.98. The smallest absolute Gasteiger partial charge is 0.140 e. The third-order valence-corrected chi connectivity index (χ3v) is 9.05. The van der Waals surface area contributed by atoms with Crippen LogP contribution < -0.4 is 4.74 Å². The molecule has 5 rings (SSSR count). The summed E-state index contributed by atoms with van der Waals surface area (Å²) in [4.78, 5) is 8.04. The predicted molar refractivity (Wildman–Crippen MR) is 178 cm³/mol. The first-order valence-corrected chi connectivity index (χ1v) is 16.2. The monoisotopic (exact) mass is 579 g/mol. The fraction of sp³-hybridized carbons (Fsp3) is 0.447. The van der Waals surface area contributed by atoms with Crippen molar-refractivity contribution in [1.29, 1.82) is 0 Å². The Bertz CT molecular complexity index is 1460. The maximum atomic E-state index is 10.5. The zero-order chi connectivity index (χ0) is 30.3. The van der Waals surface area contributed by atoms with Crippen LogP contribution in [0.2, 0.25) is 0 Å². The second kappa shape index (κ2) is 14.3. The molecule has 5 heteroatoms. The number of aromatic hydroxyl groups is 1. The summed E-state index contributed by atoms with van der Waals surface area (Å²) in [6.07, 6.45) is 8.86. The summed E-state index contributed by atoms with van der Waals surface area (Å²) in [5, 5.41) is 10.5. The molecular weight excluding hydrogens is 530 g/mol. The van der Waals surface area contributed by atoms with Gasteiger partial charge in [-0.05, 0) is 86.9 Å². The average molecular weight is 580 g/mol. The Morgan fingerprint density at radius 3 is 2.16 bits per heavy atom. The number of hydrogen-bond acceptors (Lipinski definition) is 4. The van der Waals surface area contributed by atoms with Gasteiger partial charge in [-0.1, -0.05) is 74.6 Å². The van der Waals surface area contributed by atoms with Gasteiger partial charge in [-0.2, -0.15) is 0 Å². The summed E-state index contributed by atoms with van der Waals surface area (Å²) >= 11 is 0. The van der Waals surface area contributed by atoms with E-state index in [-0.39, 0.29) is 0 Å². The summed E-state index contributed by atoms with van der Waals surface area (Å²) in [6.45, 7) is 12.1. The SMILES string of the molecule is CCCCn1c(-c2ccc(C)cc2)nc(-c2ccc(OC)cc2)c1CN(Cc1cc(C)c(O)c(C)c1)CC1CCCCC1. The van der Waals surface area contributed by atoms with Crippen LogP contribution in [0.4, 0.5) is 0 Å². The first-order valence-electron chi connectivity index (χ1n) is 16.2. The number of benzene rings is 3. The van der Waals surface area contributed by atoms with Crippen molar-refractivity contribution < 1.29 is 9.84 Å². The Hall–Kier alpha value is -3.57. The molecule has 3 aromatic carbocycles. The molecule has 0 spiro atoms. The number of imidazole rings is 1. The van der Waals surface area contributed by atoms with Crippen LogP contribution in [0.1, 0.15) is 79.8 Å². The summed E-state index contributed by atoms with van der Waals surface area (Å²) in [5.41, 5.74) is 9.01. The maximum Gasteiger partial charge on any atom is 0.140 e. The van der Waals surface area contributed by atoms with Crippen LogP contribution in [0.3, 0.4) is 0 Å². The molecule has 228 valence electrons. The van der Waals surface area contributed by atoms with E-state index in [1.165, 1.54) is 48.9 Å². The third kappa shape index (κ3) is 7.51. The van der Waals surface area contributed by atoms with Crippen molar-refractivity contribution in [3.63, 3.8) is 0 Å². The average Bonchev–Trinajstić information content (AvgIpc) is 3.37. The molecule has 0 radical (unpaired) electrons. The maximum absolute atomic E-state index is 10.5. The fourth-order valence-electron chi connectivity index (χ4n) is 6.63. The Kier molecular flexibility index (Phi) is 10.2. The second-order valence-electron chi connectivity index (χ2n) is 12.6. The summed E-state index contributed by atoms with van der Waals surface area (Å²) in [6, 6.07) is 21.5. The van der Waals surface area contributed by atoms with E-state index in [0.717, 1.165) is 78.5 Å². The standard InChI is InChI=1S/C38H49N3O2/c1-6-7-21-41-35(26-40(24-30-11-9-8-10-12-30)25-31-22-28(3)37(42)29(4)23-31)36(32-17-19-34(43-5)20-18-32)39-38(41)33-15-13-27(2)14-16-33/h13-20,22-23,30,42H,6-12,21,24-26H2,1-5H3. The number of aromatic nitrogens is 2. The molecule has 0 amide bonds. The van der Waals surface area contributed by atoms with Crippen molar-refractivity contribution in [2.75, 3.05) is 13.7 Å². The van der Waals surface area contributed by atoms with Gasteiger partial charge >= 0.3 is 0 Å². The first-order chi connectivity index (χ1) is 20.9. The lowest BCUT2D eigenvalue weighted by molar-refractivity contribution is 0.183. The van der Waals surface area contributed by atoms with Crippen molar-refractivity contribution in [1.82, 2.24) is 14.5 Å². The normalized spacial score (nSPS) is 14.0. The van der Waals surface area contributed by atoms with Crippen LogP contribution in [-0.4, -0.2) is 33.2 Å². The fourth-order valence-corrected chi connectivity index (χ4v) is 6.63. The molecule has 43 heavy (non-hydrogen) atoms. The number of phenols is 1. The lowest BCUT2D eigenvalue weighted by Gasteiger charge is -2.31. The van der Waals surface area contributed by atoms with E-state index in [4.69, 9.17) is 9.72 Å². The molecule has 1 aliphatic rings.